The number of carbonyl (C=O) groups is 2. The van der Waals surface area contributed by atoms with Crippen molar-refractivity contribution in [1.29, 1.82) is 0 Å². The zero-order valence-electron chi connectivity index (χ0n) is 11.7. The fraction of sp³-hybridized carbons (Fsp3) is 0.846. The van der Waals surface area contributed by atoms with E-state index in [2.05, 4.69) is 5.32 Å². The fourth-order valence-corrected chi connectivity index (χ4v) is 3.06. The Labute approximate surface area is 113 Å². The summed E-state index contributed by atoms with van der Waals surface area (Å²) >= 11 is 0. The lowest BCUT2D eigenvalue weighted by Crippen LogP contribution is -2.54. The molecule has 0 spiro atoms. The molecule has 1 aliphatic heterocycles. The summed E-state index contributed by atoms with van der Waals surface area (Å²) in [6.07, 6.45) is 0.662. The molecule has 6 nitrogen and oxygen atoms in total. The van der Waals surface area contributed by atoms with Crippen molar-refractivity contribution in [3.8, 4) is 0 Å². The van der Waals surface area contributed by atoms with E-state index in [4.69, 9.17) is 9.84 Å². The van der Waals surface area contributed by atoms with Crippen molar-refractivity contribution in [3.05, 3.63) is 0 Å². The van der Waals surface area contributed by atoms with Crippen molar-refractivity contribution >= 4 is 12.2 Å². The topological polar surface area (TPSA) is 78.9 Å². The van der Waals surface area contributed by atoms with Gasteiger partial charge in [0.25, 0.3) is 0 Å². The van der Waals surface area contributed by atoms with E-state index in [0.717, 1.165) is 12.8 Å². The highest BCUT2D eigenvalue weighted by molar-refractivity contribution is 5.69. The van der Waals surface area contributed by atoms with Gasteiger partial charge in [0.2, 0.25) is 0 Å². The highest BCUT2D eigenvalue weighted by Gasteiger charge is 2.44. The third kappa shape index (κ3) is 3.30. The number of hydrogen-bond acceptors (Lipinski definition) is 3. The monoisotopic (exact) mass is 270 g/mol. The van der Waals surface area contributed by atoms with E-state index in [1.54, 1.807) is 0 Å². The van der Waals surface area contributed by atoms with Crippen LogP contribution in [-0.4, -0.2) is 46.9 Å². The highest BCUT2D eigenvalue weighted by atomic mass is 16.6. The number of rotatable bonds is 1. The summed E-state index contributed by atoms with van der Waals surface area (Å²) in [5, 5.41) is 12.0. The van der Waals surface area contributed by atoms with E-state index in [1.807, 2.05) is 20.8 Å². The second-order valence-corrected chi connectivity index (χ2v) is 6.46. The van der Waals surface area contributed by atoms with E-state index in [0.29, 0.717) is 13.1 Å². The second kappa shape index (κ2) is 4.90. The summed E-state index contributed by atoms with van der Waals surface area (Å²) in [5.74, 6) is 0.421. The minimum absolute atomic E-state index is 0.0467. The zero-order chi connectivity index (χ0) is 14.2. The minimum atomic E-state index is -0.868. The Morgan fingerprint density at radius 3 is 2.16 bits per heavy atom. The molecule has 0 radical (unpaired) electrons. The number of nitrogens with one attached hydrogen (secondary N) is 1. The Balaban J connectivity index is 1.93. The van der Waals surface area contributed by atoms with Crippen LogP contribution in [0, 0.1) is 11.8 Å². The van der Waals surface area contributed by atoms with Gasteiger partial charge in [-0.15, -0.1) is 0 Å². The predicted octanol–water partition coefficient (Wildman–Crippen LogP) is 1.90. The first-order valence-electron chi connectivity index (χ1n) is 6.73. The SMILES string of the molecule is CC(C)(C)OC(=O)N[C@H]1[C@@H]2CC[C@H]1CN(C(=O)O)C2. The van der Waals surface area contributed by atoms with Crippen LogP contribution in [0.1, 0.15) is 33.6 Å². The third-order valence-corrected chi connectivity index (χ3v) is 3.79. The predicted molar refractivity (Wildman–Crippen MR) is 69.0 cm³/mol. The molecule has 3 atom stereocenters. The Hall–Kier alpha value is -1.46. The summed E-state index contributed by atoms with van der Waals surface area (Å²) in [4.78, 5) is 24.3. The van der Waals surface area contributed by atoms with E-state index in [1.165, 1.54) is 4.90 Å². The molecule has 2 bridgehead atoms. The van der Waals surface area contributed by atoms with Gasteiger partial charge in [-0.25, -0.2) is 9.59 Å². The number of likely N-dealkylation sites (tertiary alicyclic amines) is 1. The molecule has 0 aromatic rings. The van der Waals surface area contributed by atoms with E-state index in [9.17, 15) is 9.59 Å². The zero-order valence-corrected chi connectivity index (χ0v) is 11.7. The van der Waals surface area contributed by atoms with Crippen LogP contribution in [0.25, 0.3) is 0 Å². The molecular formula is C13H22N2O4. The first-order chi connectivity index (χ1) is 8.76. The Morgan fingerprint density at radius 2 is 1.74 bits per heavy atom. The lowest BCUT2D eigenvalue weighted by Gasteiger charge is -2.37. The van der Waals surface area contributed by atoms with Crippen LogP contribution in [0.3, 0.4) is 0 Å². The van der Waals surface area contributed by atoms with Gasteiger partial charge in [-0.3, -0.25) is 0 Å². The molecule has 0 aromatic carbocycles. The van der Waals surface area contributed by atoms with Crippen molar-refractivity contribution < 1.29 is 19.4 Å². The number of piperidine rings is 1. The minimum Gasteiger partial charge on any atom is -0.465 e. The van der Waals surface area contributed by atoms with Crippen molar-refractivity contribution in [2.75, 3.05) is 13.1 Å². The normalized spacial score (nSPS) is 30.1. The molecule has 2 N–H and O–H groups in total. The largest absolute Gasteiger partial charge is 0.465 e. The van der Waals surface area contributed by atoms with E-state index >= 15 is 0 Å². The fourth-order valence-electron chi connectivity index (χ4n) is 3.06. The van der Waals surface area contributed by atoms with Crippen molar-refractivity contribution in [1.82, 2.24) is 10.2 Å². The molecule has 2 rings (SSSR count). The summed E-state index contributed by atoms with van der Waals surface area (Å²) < 4.78 is 5.26. The molecule has 6 heteroatoms. The number of amides is 2. The lowest BCUT2D eigenvalue weighted by atomic mass is 9.92. The van der Waals surface area contributed by atoms with Crippen LogP contribution in [0.15, 0.2) is 0 Å². The van der Waals surface area contributed by atoms with Crippen molar-refractivity contribution in [2.45, 2.75) is 45.3 Å². The maximum Gasteiger partial charge on any atom is 0.407 e. The van der Waals surface area contributed by atoms with E-state index in [-0.39, 0.29) is 17.9 Å². The lowest BCUT2D eigenvalue weighted by molar-refractivity contribution is 0.0426. The van der Waals surface area contributed by atoms with Gasteiger partial charge in [-0.1, -0.05) is 0 Å². The molecule has 2 fully saturated rings. The quantitative estimate of drug-likeness (QED) is 0.762. The maximum atomic E-state index is 11.8. The smallest absolute Gasteiger partial charge is 0.407 e. The first-order valence-corrected chi connectivity index (χ1v) is 6.73. The van der Waals surface area contributed by atoms with Gasteiger partial charge < -0.3 is 20.1 Å². The standard InChI is InChI=1S/C13H22N2O4/c1-13(2,3)19-11(16)14-10-8-4-5-9(10)7-15(6-8)12(17)18/h8-10H,4-7H2,1-3H3,(H,14,16)(H,17,18)/t8-,9+,10+. The number of nitrogens with zero attached hydrogens (tertiary/aromatic N) is 1. The third-order valence-electron chi connectivity index (χ3n) is 3.79. The first kappa shape index (κ1) is 14.0. The number of fused-ring (bicyclic) bond motifs is 2. The number of ether oxygens (including phenoxy) is 1. The van der Waals surface area contributed by atoms with Crippen molar-refractivity contribution in [3.63, 3.8) is 0 Å². The van der Waals surface area contributed by atoms with Gasteiger partial charge in [0.1, 0.15) is 5.60 Å². The van der Waals surface area contributed by atoms with Gasteiger partial charge in [-0.2, -0.15) is 0 Å². The van der Waals surface area contributed by atoms with Gasteiger partial charge in [0.05, 0.1) is 0 Å². The second-order valence-electron chi connectivity index (χ2n) is 6.46. The Morgan fingerprint density at radius 1 is 1.21 bits per heavy atom. The van der Waals surface area contributed by atoms with Gasteiger partial charge >= 0.3 is 12.2 Å². The molecule has 1 saturated heterocycles. The summed E-state index contributed by atoms with van der Waals surface area (Å²) in [6, 6.07) is 0.0467. The molecule has 2 aliphatic rings. The number of alkyl carbamates (subject to hydrolysis) is 1. The summed E-state index contributed by atoms with van der Waals surface area (Å²) in [5.41, 5.74) is -0.509. The van der Waals surface area contributed by atoms with Crippen LogP contribution < -0.4 is 5.32 Å². The molecule has 0 aromatic heterocycles. The average molecular weight is 270 g/mol. The molecule has 1 saturated carbocycles. The average Bonchev–Trinajstić information content (AvgIpc) is 2.48. The molecule has 19 heavy (non-hydrogen) atoms. The van der Waals surface area contributed by atoms with Gasteiger partial charge in [0, 0.05) is 19.1 Å². The number of carboxylic acid groups (broad SMARTS) is 1. The van der Waals surface area contributed by atoms with Gasteiger partial charge in [-0.05, 0) is 45.4 Å². The van der Waals surface area contributed by atoms with Crippen LogP contribution in [0.2, 0.25) is 0 Å². The van der Waals surface area contributed by atoms with Crippen LogP contribution in [0.5, 0.6) is 0 Å². The highest BCUT2D eigenvalue weighted by Crippen LogP contribution is 2.37. The van der Waals surface area contributed by atoms with Crippen LogP contribution in [0.4, 0.5) is 9.59 Å². The maximum absolute atomic E-state index is 11.8. The molecule has 1 heterocycles. The summed E-state index contributed by atoms with van der Waals surface area (Å²) in [7, 11) is 0. The summed E-state index contributed by atoms with van der Waals surface area (Å²) in [6.45, 7) is 6.50. The molecular weight excluding hydrogens is 248 g/mol. The van der Waals surface area contributed by atoms with Crippen LogP contribution >= 0.6 is 0 Å². The molecule has 108 valence electrons. The molecule has 0 unspecified atom stereocenters. The Bertz CT molecular complexity index is 363. The number of hydrogen-bond donors (Lipinski definition) is 2. The van der Waals surface area contributed by atoms with Gasteiger partial charge in [0.15, 0.2) is 0 Å². The number of carbonyl (C=O) groups excluding carboxylic acids is 1. The van der Waals surface area contributed by atoms with E-state index < -0.39 is 17.8 Å². The molecule has 2 amide bonds. The molecule has 1 aliphatic carbocycles. The Kier molecular flexibility index (Phi) is 3.60. The van der Waals surface area contributed by atoms with Crippen molar-refractivity contribution in [2.24, 2.45) is 11.8 Å². The van der Waals surface area contributed by atoms with Crippen LogP contribution in [-0.2, 0) is 4.74 Å².